The summed E-state index contributed by atoms with van der Waals surface area (Å²) in [5, 5.41) is 14.0. The molecule has 0 bridgehead atoms. The zero-order valence-electron chi connectivity index (χ0n) is 21.9. The lowest BCUT2D eigenvalue weighted by atomic mass is 10.0. The van der Waals surface area contributed by atoms with Crippen molar-refractivity contribution in [1.82, 2.24) is 14.6 Å². The summed E-state index contributed by atoms with van der Waals surface area (Å²) in [6.07, 6.45) is 1.56. The maximum Gasteiger partial charge on any atom is 0.407 e. The Morgan fingerprint density at radius 2 is 1.68 bits per heavy atom. The highest BCUT2D eigenvalue weighted by molar-refractivity contribution is 7.89. The van der Waals surface area contributed by atoms with Crippen LogP contribution in [0, 0.1) is 5.92 Å². The van der Waals surface area contributed by atoms with Gasteiger partial charge in [-0.25, -0.2) is 13.2 Å². The number of aromatic nitrogens is 1. The van der Waals surface area contributed by atoms with Gasteiger partial charge in [-0.15, -0.1) is 0 Å². The zero-order chi connectivity index (χ0) is 27.5. The maximum absolute atomic E-state index is 13.5. The number of benzene rings is 2. The van der Waals surface area contributed by atoms with E-state index in [2.05, 4.69) is 10.3 Å². The summed E-state index contributed by atoms with van der Waals surface area (Å²) in [5.74, 6) is 0.538. The van der Waals surface area contributed by atoms with Crippen LogP contribution < -0.4 is 10.1 Å². The molecule has 10 heteroatoms. The number of carbonyl (C=O) groups is 1. The van der Waals surface area contributed by atoms with E-state index in [1.54, 1.807) is 36.7 Å². The number of amides is 1. The van der Waals surface area contributed by atoms with Crippen molar-refractivity contribution in [3.05, 3.63) is 90.3 Å². The van der Waals surface area contributed by atoms with E-state index < -0.39 is 28.3 Å². The molecule has 0 saturated heterocycles. The summed E-state index contributed by atoms with van der Waals surface area (Å²) in [5.41, 5.74) is 1.59. The molecule has 3 rings (SSSR count). The molecule has 3 aromatic rings. The van der Waals surface area contributed by atoms with Crippen LogP contribution in [0.2, 0.25) is 0 Å². The van der Waals surface area contributed by atoms with E-state index in [9.17, 15) is 18.3 Å². The fourth-order valence-electron chi connectivity index (χ4n) is 3.89. The second-order valence-corrected chi connectivity index (χ2v) is 11.3. The van der Waals surface area contributed by atoms with E-state index in [4.69, 9.17) is 9.47 Å². The molecule has 38 heavy (non-hydrogen) atoms. The second-order valence-electron chi connectivity index (χ2n) is 9.34. The molecule has 0 spiro atoms. The van der Waals surface area contributed by atoms with Gasteiger partial charge in [-0.3, -0.25) is 4.98 Å². The van der Waals surface area contributed by atoms with E-state index in [-0.39, 0.29) is 36.9 Å². The van der Waals surface area contributed by atoms with Crippen molar-refractivity contribution in [3.8, 4) is 5.75 Å². The minimum Gasteiger partial charge on any atom is -0.497 e. The Morgan fingerprint density at radius 3 is 2.29 bits per heavy atom. The second kappa shape index (κ2) is 13.9. The molecule has 9 nitrogen and oxygen atoms in total. The van der Waals surface area contributed by atoms with Gasteiger partial charge in [0.1, 0.15) is 12.4 Å². The first-order valence-corrected chi connectivity index (χ1v) is 13.8. The lowest BCUT2D eigenvalue weighted by molar-refractivity contribution is 0.0873. The van der Waals surface area contributed by atoms with E-state index in [1.807, 2.05) is 44.2 Å². The Bertz CT molecular complexity index is 1240. The Labute approximate surface area is 224 Å². The largest absolute Gasteiger partial charge is 0.497 e. The van der Waals surface area contributed by atoms with Crippen molar-refractivity contribution in [1.29, 1.82) is 0 Å². The molecule has 1 heterocycles. The molecule has 0 saturated carbocycles. The zero-order valence-corrected chi connectivity index (χ0v) is 22.7. The number of nitrogens with zero attached hydrogens (tertiary/aromatic N) is 2. The quantitative estimate of drug-likeness (QED) is 0.339. The van der Waals surface area contributed by atoms with Gasteiger partial charge < -0.3 is 19.9 Å². The number of sulfonamides is 1. The summed E-state index contributed by atoms with van der Waals surface area (Å²) in [6.45, 7) is 3.79. The third-order valence-electron chi connectivity index (χ3n) is 5.82. The van der Waals surface area contributed by atoms with Gasteiger partial charge in [0.2, 0.25) is 10.0 Å². The first-order chi connectivity index (χ1) is 18.2. The lowest BCUT2D eigenvalue weighted by Gasteiger charge is -2.30. The van der Waals surface area contributed by atoms with Crippen molar-refractivity contribution in [3.63, 3.8) is 0 Å². The highest BCUT2D eigenvalue weighted by Gasteiger charge is 2.31. The Balaban J connectivity index is 1.79. The molecular formula is C28H35N3O6S. The van der Waals surface area contributed by atoms with Crippen LogP contribution in [-0.4, -0.2) is 61.3 Å². The summed E-state index contributed by atoms with van der Waals surface area (Å²) in [6, 6.07) is 18.2. The minimum atomic E-state index is -3.93. The van der Waals surface area contributed by atoms with Gasteiger partial charge in [0.15, 0.2) is 0 Å². The number of hydrogen-bond acceptors (Lipinski definition) is 7. The van der Waals surface area contributed by atoms with Crippen molar-refractivity contribution in [2.45, 2.75) is 43.9 Å². The average Bonchev–Trinajstić information content (AvgIpc) is 2.92. The monoisotopic (exact) mass is 541 g/mol. The predicted molar refractivity (Wildman–Crippen MR) is 144 cm³/mol. The lowest BCUT2D eigenvalue weighted by Crippen LogP contribution is -2.51. The van der Waals surface area contributed by atoms with E-state index in [1.165, 1.54) is 23.5 Å². The number of hydrogen-bond donors (Lipinski definition) is 2. The Hall–Kier alpha value is -3.47. The van der Waals surface area contributed by atoms with Crippen LogP contribution in [-0.2, 0) is 27.8 Å². The molecular weight excluding hydrogens is 506 g/mol. The van der Waals surface area contributed by atoms with Gasteiger partial charge >= 0.3 is 6.09 Å². The van der Waals surface area contributed by atoms with Crippen LogP contribution in [0.1, 0.15) is 25.0 Å². The van der Waals surface area contributed by atoms with Crippen LogP contribution in [0.4, 0.5) is 4.79 Å². The predicted octanol–water partition coefficient (Wildman–Crippen LogP) is 3.64. The number of nitrogens with one attached hydrogen (secondary N) is 1. The number of aliphatic hydroxyl groups is 1. The molecule has 2 atom stereocenters. The first-order valence-electron chi connectivity index (χ1n) is 12.4. The highest BCUT2D eigenvalue weighted by atomic mass is 32.2. The minimum absolute atomic E-state index is 0.000188. The fraction of sp³-hybridized carbons (Fsp3) is 0.357. The summed E-state index contributed by atoms with van der Waals surface area (Å²) >= 11 is 0. The molecule has 204 valence electrons. The highest BCUT2D eigenvalue weighted by Crippen LogP contribution is 2.21. The number of rotatable bonds is 13. The third-order valence-corrected chi connectivity index (χ3v) is 7.66. The SMILES string of the molecule is COc1ccc(S(=O)(=O)N(CC(C)C)CC(O)C(Cc2ccccc2)NC(=O)OCc2cccnc2)cc1. The molecule has 0 radical (unpaired) electrons. The van der Waals surface area contributed by atoms with Gasteiger partial charge in [-0.2, -0.15) is 4.31 Å². The number of aliphatic hydroxyl groups excluding tert-OH is 1. The van der Waals surface area contributed by atoms with Crippen molar-refractivity contribution >= 4 is 16.1 Å². The van der Waals surface area contributed by atoms with Crippen LogP contribution in [0.15, 0.2) is 84.0 Å². The third kappa shape index (κ3) is 8.54. The summed E-state index contributed by atoms with van der Waals surface area (Å²) in [7, 11) is -2.42. The molecule has 2 aromatic carbocycles. The normalized spacial score (nSPS) is 13.2. The van der Waals surface area contributed by atoms with Gasteiger partial charge in [0.05, 0.1) is 24.2 Å². The number of carbonyl (C=O) groups excluding carboxylic acids is 1. The maximum atomic E-state index is 13.5. The van der Waals surface area contributed by atoms with Crippen molar-refractivity contribution in [2.24, 2.45) is 5.92 Å². The van der Waals surface area contributed by atoms with Crippen LogP contribution in [0.5, 0.6) is 5.75 Å². The summed E-state index contributed by atoms with van der Waals surface area (Å²) < 4.78 is 38.8. The molecule has 1 aromatic heterocycles. The van der Waals surface area contributed by atoms with Gasteiger partial charge in [-0.1, -0.05) is 50.2 Å². The molecule has 0 aliphatic carbocycles. The average molecular weight is 542 g/mol. The Morgan fingerprint density at radius 1 is 1.00 bits per heavy atom. The summed E-state index contributed by atoms with van der Waals surface area (Å²) in [4.78, 5) is 16.7. The van der Waals surface area contributed by atoms with Crippen LogP contribution in [0.25, 0.3) is 0 Å². The number of pyridine rings is 1. The molecule has 0 aliphatic rings. The van der Waals surface area contributed by atoms with Gasteiger partial charge in [0.25, 0.3) is 0 Å². The van der Waals surface area contributed by atoms with E-state index >= 15 is 0 Å². The van der Waals surface area contributed by atoms with Crippen LogP contribution >= 0.6 is 0 Å². The molecule has 2 unspecified atom stereocenters. The molecule has 1 amide bonds. The van der Waals surface area contributed by atoms with Crippen molar-refractivity contribution in [2.75, 3.05) is 20.2 Å². The molecule has 0 aliphatic heterocycles. The number of methoxy groups -OCH3 is 1. The fourth-order valence-corrected chi connectivity index (χ4v) is 5.51. The van der Waals surface area contributed by atoms with Crippen LogP contribution in [0.3, 0.4) is 0 Å². The van der Waals surface area contributed by atoms with Gasteiger partial charge in [-0.05, 0) is 48.2 Å². The first kappa shape index (κ1) is 29.1. The smallest absolute Gasteiger partial charge is 0.407 e. The number of alkyl carbamates (subject to hydrolysis) is 1. The number of ether oxygens (including phenoxy) is 2. The van der Waals surface area contributed by atoms with E-state index in [0.29, 0.717) is 5.75 Å². The molecule has 2 N–H and O–H groups in total. The van der Waals surface area contributed by atoms with E-state index in [0.717, 1.165) is 11.1 Å². The van der Waals surface area contributed by atoms with Crippen molar-refractivity contribution < 1.29 is 27.8 Å². The standard InChI is InChI=1S/C28H35N3O6S/c1-21(2)18-31(38(34,35)25-13-11-24(36-3)12-14-25)19-27(32)26(16-22-8-5-4-6-9-22)30-28(33)37-20-23-10-7-15-29-17-23/h4-15,17,21,26-27,32H,16,18-20H2,1-3H3,(H,30,33). The Kier molecular flexibility index (Phi) is 10.6. The topological polar surface area (TPSA) is 118 Å². The van der Waals surface area contributed by atoms with Gasteiger partial charge in [0, 0.05) is 31.0 Å². The molecule has 0 fully saturated rings.